The molecular formula is C18H16O8. The van der Waals surface area contributed by atoms with Crippen molar-refractivity contribution in [2.24, 2.45) is 5.41 Å². The molecule has 0 saturated carbocycles. The standard InChI is InChI=1S/C18H16O8/c1-24-12-5-11(19)13-9(14(12)20)4-8-6-18(16(22)25-2,17(23)26-3)7-10(8)15(13)21/h4-5,21H,6-7H2,1-3H3. The number of rotatable bonds is 3. The first-order chi connectivity index (χ1) is 12.3. The zero-order valence-electron chi connectivity index (χ0n) is 14.4. The number of hydrogen-bond donors (Lipinski definition) is 1. The van der Waals surface area contributed by atoms with E-state index in [1.54, 1.807) is 0 Å². The monoisotopic (exact) mass is 360 g/mol. The third-order valence-corrected chi connectivity index (χ3v) is 4.82. The molecule has 8 nitrogen and oxygen atoms in total. The normalized spacial score (nSPS) is 17.1. The Balaban J connectivity index is 2.18. The molecule has 0 aliphatic heterocycles. The summed E-state index contributed by atoms with van der Waals surface area (Å²) in [5, 5.41) is 10.6. The lowest BCUT2D eigenvalue weighted by molar-refractivity contribution is -0.168. The van der Waals surface area contributed by atoms with Gasteiger partial charge in [-0.05, 0) is 23.6 Å². The van der Waals surface area contributed by atoms with Crippen molar-refractivity contribution in [1.29, 1.82) is 0 Å². The van der Waals surface area contributed by atoms with Crippen LogP contribution in [0.3, 0.4) is 0 Å². The van der Waals surface area contributed by atoms with Gasteiger partial charge in [0.1, 0.15) is 5.75 Å². The molecule has 8 heteroatoms. The second-order valence-corrected chi connectivity index (χ2v) is 6.11. The molecule has 136 valence electrons. The molecule has 1 aromatic carbocycles. The van der Waals surface area contributed by atoms with Crippen molar-refractivity contribution in [3.63, 3.8) is 0 Å². The summed E-state index contributed by atoms with van der Waals surface area (Å²) < 4.78 is 14.4. The Kier molecular flexibility index (Phi) is 4.06. The van der Waals surface area contributed by atoms with E-state index in [0.29, 0.717) is 5.56 Å². The molecule has 2 aliphatic carbocycles. The van der Waals surface area contributed by atoms with E-state index in [-0.39, 0.29) is 35.3 Å². The van der Waals surface area contributed by atoms with Gasteiger partial charge in [-0.2, -0.15) is 0 Å². The van der Waals surface area contributed by atoms with Crippen molar-refractivity contribution in [2.45, 2.75) is 12.8 Å². The summed E-state index contributed by atoms with van der Waals surface area (Å²) in [5.41, 5.74) is -1.22. The van der Waals surface area contributed by atoms with Crippen molar-refractivity contribution in [1.82, 2.24) is 0 Å². The van der Waals surface area contributed by atoms with Gasteiger partial charge in [-0.3, -0.25) is 19.2 Å². The lowest BCUT2D eigenvalue weighted by atomic mass is 9.84. The molecule has 2 aliphatic rings. The number of allylic oxidation sites excluding steroid dienone is 2. The van der Waals surface area contributed by atoms with Gasteiger partial charge in [0.25, 0.3) is 0 Å². The predicted octanol–water partition coefficient (Wildman–Crippen LogP) is 0.732. The number of aromatic hydroxyl groups is 1. The van der Waals surface area contributed by atoms with Gasteiger partial charge >= 0.3 is 11.9 Å². The lowest BCUT2D eigenvalue weighted by Crippen LogP contribution is -2.42. The molecule has 26 heavy (non-hydrogen) atoms. The second-order valence-electron chi connectivity index (χ2n) is 6.11. The van der Waals surface area contributed by atoms with Crippen LogP contribution in [0.15, 0.2) is 17.9 Å². The van der Waals surface area contributed by atoms with Crippen LogP contribution in [0.1, 0.15) is 31.8 Å². The highest BCUT2D eigenvalue weighted by molar-refractivity contribution is 6.25. The number of ether oxygens (including phenoxy) is 3. The number of phenols is 1. The summed E-state index contributed by atoms with van der Waals surface area (Å²) in [6, 6.07) is 1.41. The molecular weight excluding hydrogens is 344 g/mol. The number of ketones is 2. The van der Waals surface area contributed by atoms with Gasteiger partial charge in [-0.25, -0.2) is 0 Å². The van der Waals surface area contributed by atoms with E-state index in [1.807, 2.05) is 0 Å². The molecule has 0 bridgehead atoms. The van der Waals surface area contributed by atoms with Crippen LogP contribution in [-0.2, 0) is 36.6 Å². The number of hydrogen-bond acceptors (Lipinski definition) is 8. The van der Waals surface area contributed by atoms with Gasteiger partial charge in [-0.15, -0.1) is 0 Å². The molecule has 3 rings (SSSR count). The molecule has 0 radical (unpaired) electrons. The Hall–Kier alpha value is -3.16. The second kappa shape index (κ2) is 5.98. The van der Waals surface area contributed by atoms with Crippen LogP contribution in [0.2, 0.25) is 0 Å². The van der Waals surface area contributed by atoms with Crippen LogP contribution in [0.25, 0.3) is 0 Å². The van der Waals surface area contributed by atoms with E-state index < -0.39 is 34.7 Å². The Bertz CT molecular complexity index is 877. The molecule has 0 atom stereocenters. The zero-order valence-corrected chi connectivity index (χ0v) is 14.4. The minimum Gasteiger partial charge on any atom is -0.507 e. The van der Waals surface area contributed by atoms with E-state index in [1.165, 1.54) is 13.2 Å². The van der Waals surface area contributed by atoms with E-state index >= 15 is 0 Å². The maximum atomic E-state index is 12.4. The first kappa shape index (κ1) is 17.7. The highest BCUT2D eigenvalue weighted by atomic mass is 16.5. The maximum Gasteiger partial charge on any atom is 0.323 e. The van der Waals surface area contributed by atoms with Crippen molar-refractivity contribution >= 4 is 23.5 Å². The molecule has 0 spiro atoms. The Morgan fingerprint density at radius 1 is 1.08 bits per heavy atom. The summed E-state index contributed by atoms with van der Waals surface area (Å²) in [6.07, 6.45) is 0.693. The molecule has 0 fully saturated rings. The number of carbonyl (C=O) groups excluding carboxylic acids is 4. The molecule has 1 aromatic rings. The molecule has 0 amide bonds. The number of esters is 2. The molecule has 1 N–H and O–H groups in total. The molecule has 0 aromatic heterocycles. The summed E-state index contributed by atoms with van der Waals surface area (Å²) in [6.45, 7) is 0. The maximum absolute atomic E-state index is 12.4. The van der Waals surface area contributed by atoms with Crippen LogP contribution >= 0.6 is 0 Å². The van der Waals surface area contributed by atoms with Gasteiger partial charge in [0, 0.05) is 18.1 Å². The predicted molar refractivity (Wildman–Crippen MR) is 85.7 cm³/mol. The van der Waals surface area contributed by atoms with Crippen molar-refractivity contribution < 1.29 is 38.5 Å². The van der Waals surface area contributed by atoms with Gasteiger partial charge in [-0.1, -0.05) is 0 Å². The Labute approximate surface area is 148 Å². The van der Waals surface area contributed by atoms with Gasteiger partial charge in [0.05, 0.1) is 26.9 Å². The van der Waals surface area contributed by atoms with Crippen LogP contribution in [0, 0.1) is 5.41 Å². The van der Waals surface area contributed by atoms with E-state index in [2.05, 4.69) is 0 Å². The summed E-state index contributed by atoms with van der Waals surface area (Å²) in [4.78, 5) is 49.3. The van der Waals surface area contributed by atoms with Crippen LogP contribution in [-0.4, -0.2) is 49.9 Å². The third kappa shape index (κ3) is 2.22. The van der Waals surface area contributed by atoms with Gasteiger partial charge in [0.15, 0.2) is 17.0 Å². The summed E-state index contributed by atoms with van der Waals surface area (Å²) in [7, 11) is 3.54. The average molecular weight is 360 g/mol. The van der Waals surface area contributed by atoms with Crippen LogP contribution < -0.4 is 0 Å². The average Bonchev–Trinajstić information content (AvgIpc) is 3.04. The van der Waals surface area contributed by atoms with Gasteiger partial charge < -0.3 is 19.3 Å². The van der Waals surface area contributed by atoms with E-state index in [9.17, 15) is 24.3 Å². The third-order valence-electron chi connectivity index (χ3n) is 4.82. The van der Waals surface area contributed by atoms with E-state index in [0.717, 1.165) is 20.3 Å². The Morgan fingerprint density at radius 2 is 1.69 bits per heavy atom. The highest BCUT2D eigenvalue weighted by Crippen LogP contribution is 2.46. The first-order valence-electron chi connectivity index (χ1n) is 7.70. The fourth-order valence-electron chi connectivity index (χ4n) is 3.54. The minimum atomic E-state index is -1.67. The molecule has 0 heterocycles. The first-order valence-corrected chi connectivity index (χ1v) is 7.70. The number of phenolic OH excluding ortho intramolecular Hbond substituents is 1. The SMILES string of the molecule is COC(=O)C1(C(=O)OC)Cc2cc3c(c(O)c2C1)C(=O)C=C(OC)C3=O. The highest BCUT2D eigenvalue weighted by Gasteiger charge is 2.54. The largest absolute Gasteiger partial charge is 0.507 e. The molecule has 0 unspecified atom stereocenters. The quantitative estimate of drug-likeness (QED) is 0.619. The number of methoxy groups -OCH3 is 3. The van der Waals surface area contributed by atoms with E-state index in [4.69, 9.17) is 14.2 Å². The smallest absolute Gasteiger partial charge is 0.323 e. The number of carbonyl (C=O) groups is 4. The zero-order chi connectivity index (χ0) is 19.2. The minimum absolute atomic E-state index is 0.0314. The van der Waals surface area contributed by atoms with Crippen molar-refractivity contribution in [3.05, 3.63) is 40.2 Å². The van der Waals surface area contributed by atoms with Crippen molar-refractivity contribution in [2.75, 3.05) is 21.3 Å². The van der Waals surface area contributed by atoms with Crippen LogP contribution in [0.5, 0.6) is 5.75 Å². The lowest BCUT2D eigenvalue weighted by Gasteiger charge is -2.22. The summed E-state index contributed by atoms with van der Waals surface area (Å²) >= 11 is 0. The van der Waals surface area contributed by atoms with Crippen LogP contribution in [0.4, 0.5) is 0 Å². The number of benzene rings is 1. The molecule has 0 saturated heterocycles. The topological polar surface area (TPSA) is 116 Å². The fraction of sp³-hybridized carbons (Fsp3) is 0.333. The Morgan fingerprint density at radius 3 is 2.23 bits per heavy atom. The van der Waals surface area contributed by atoms with Gasteiger partial charge in [0.2, 0.25) is 5.78 Å². The fourth-order valence-corrected chi connectivity index (χ4v) is 3.54. The summed E-state index contributed by atoms with van der Waals surface area (Å²) in [5.74, 6) is -3.35. The number of fused-ring (bicyclic) bond motifs is 2. The number of Topliss-reactive ketones (excluding diaryl/α,β-unsaturated/α-hetero) is 1. The van der Waals surface area contributed by atoms with Crippen molar-refractivity contribution in [3.8, 4) is 5.75 Å².